The fourth-order valence-corrected chi connectivity index (χ4v) is 1.55. The van der Waals surface area contributed by atoms with Crippen LogP contribution in [0.3, 0.4) is 0 Å². The van der Waals surface area contributed by atoms with Crippen LogP contribution in [-0.4, -0.2) is 32.9 Å². The van der Waals surface area contributed by atoms with Crippen molar-refractivity contribution in [3.63, 3.8) is 0 Å². The molecule has 2 heterocycles. The monoisotopic (exact) mass is 247 g/mol. The lowest BCUT2D eigenvalue weighted by molar-refractivity contribution is 0.102. The van der Waals surface area contributed by atoms with Crippen molar-refractivity contribution in [1.29, 1.82) is 0 Å². The molecule has 2 aromatic rings. The number of tetrazole rings is 1. The number of amides is 1. The number of aromatic nitrogens is 4. The second kappa shape index (κ2) is 3.99. The molecule has 18 heavy (non-hydrogen) atoms. The van der Waals surface area contributed by atoms with Crippen LogP contribution in [-0.2, 0) is 7.05 Å². The molecule has 0 saturated heterocycles. The molecule has 1 aromatic carbocycles. The maximum atomic E-state index is 11.9. The Balaban J connectivity index is 1.80. The Bertz CT molecular complexity index is 609. The number of fused-ring (bicyclic) bond motifs is 1. The first-order valence-electron chi connectivity index (χ1n) is 5.17. The summed E-state index contributed by atoms with van der Waals surface area (Å²) in [4.78, 5) is 13.2. The zero-order valence-corrected chi connectivity index (χ0v) is 9.45. The summed E-state index contributed by atoms with van der Waals surface area (Å²) in [5.74, 6) is 1.00. The number of carbonyl (C=O) groups excluding carboxylic acids is 1. The maximum absolute atomic E-state index is 11.9. The third kappa shape index (κ3) is 1.83. The van der Waals surface area contributed by atoms with Gasteiger partial charge in [-0.1, -0.05) is 5.10 Å². The minimum atomic E-state index is -0.332. The summed E-state index contributed by atoms with van der Waals surface area (Å²) in [6.45, 7) is 0.173. The molecule has 0 radical (unpaired) electrons. The van der Waals surface area contributed by atoms with Crippen LogP contribution in [0.4, 0.5) is 5.95 Å². The quantitative estimate of drug-likeness (QED) is 0.814. The van der Waals surface area contributed by atoms with Crippen molar-refractivity contribution in [1.82, 2.24) is 20.2 Å². The molecule has 8 nitrogen and oxygen atoms in total. The fraction of sp³-hybridized carbons (Fsp3) is 0.200. The molecule has 0 aliphatic carbocycles. The second-order valence-corrected chi connectivity index (χ2v) is 3.62. The first-order valence-corrected chi connectivity index (χ1v) is 5.17. The molecule has 92 valence electrons. The Kier molecular flexibility index (Phi) is 2.33. The Morgan fingerprint density at radius 2 is 2.22 bits per heavy atom. The van der Waals surface area contributed by atoms with Gasteiger partial charge in [-0.05, 0) is 23.4 Å². The van der Waals surface area contributed by atoms with Crippen molar-refractivity contribution in [3.8, 4) is 11.5 Å². The Morgan fingerprint density at radius 3 is 3.00 bits per heavy atom. The highest BCUT2D eigenvalue weighted by Gasteiger charge is 2.17. The van der Waals surface area contributed by atoms with E-state index in [1.807, 2.05) is 0 Å². The molecule has 1 N–H and O–H groups in total. The van der Waals surface area contributed by atoms with E-state index in [9.17, 15) is 4.79 Å². The van der Waals surface area contributed by atoms with Crippen molar-refractivity contribution in [2.75, 3.05) is 12.1 Å². The second-order valence-electron chi connectivity index (χ2n) is 3.62. The molecule has 0 spiro atoms. The molecule has 8 heteroatoms. The van der Waals surface area contributed by atoms with Crippen LogP contribution in [0, 0.1) is 0 Å². The molecule has 0 atom stereocenters. The molecule has 3 rings (SSSR count). The first kappa shape index (κ1) is 10.5. The number of hydrogen-bond acceptors (Lipinski definition) is 6. The fourth-order valence-electron chi connectivity index (χ4n) is 1.55. The largest absolute Gasteiger partial charge is 0.454 e. The molecule has 0 unspecified atom stereocenters. The highest BCUT2D eigenvalue weighted by molar-refractivity contribution is 6.03. The average molecular weight is 247 g/mol. The van der Waals surface area contributed by atoms with Gasteiger partial charge in [0.25, 0.3) is 11.9 Å². The van der Waals surface area contributed by atoms with E-state index < -0.39 is 0 Å². The third-order valence-electron chi connectivity index (χ3n) is 2.37. The van der Waals surface area contributed by atoms with Gasteiger partial charge in [-0.2, -0.15) is 4.80 Å². The molecule has 0 bridgehead atoms. The van der Waals surface area contributed by atoms with Crippen LogP contribution in [0.5, 0.6) is 11.5 Å². The molecule has 1 amide bonds. The van der Waals surface area contributed by atoms with Crippen molar-refractivity contribution in [2.45, 2.75) is 0 Å². The highest BCUT2D eigenvalue weighted by Crippen LogP contribution is 2.32. The lowest BCUT2D eigenvalue weighted by Gasteiger charge is -2.01. The lowest BCUT2D eigenvalue weighted by Crippen LogP contribution is -2.13. The summed E-state index contributed by atoms with van der Waals surface area (Å²) < 4.78 is 10.4. The normalized spacial score (nSPS) is 12.5. The van der Waals surface area contributed by atoms with Crippen LogP contribution >= 0.6 is 0 Å². The van der Waals surface area contributed by atoms with Gasteiger partial charge in [0.2, 0.25) is 6.79 Å². The summed E-state index contributed by atoms with van der Waals surface area (Å²) >= 11 is 0. The van der Waals surface area contributed by atoms with E-state index in [0.717, 1.165) is 0 Å². The molecule has 0 fully saturated rings. The Hall–Kier alpha value is -2.64. The minimum absolute atomic E-state index is 0.153. The molecule has 0 saturated carbocycles. The number of hydrogen-bond donors (Lipinski definition) is 1. The minimum Gasteiger partial charge on any atom is -0.454 e. The van der Waals surface area contributed by atoms with Crippen molar-refractivity contribution >= 4 is 11.9 Å². The van der Waals surface area contributed by atoms with Crippen molar-refractivity contribution < 1.29 is 14.3 Å². The predicted octanol–water partition coefficient (Wildman–Crippen LogP) is 0.191. The number of nitrogens with one attached hydrogen (secondary N) is 1. The number of benzene rings is 1. The molecule has 1 aliphatic rings. The first-order chi connectivity index (χ1) is 8.72. The number of anilines is 1. The smallest absolute Gasteiger partial charge is 0.270 e. The Morgan fingerprint density at radius 1 is 1.39 bits per heavy atom. The lowest BCUT2D eigenvalue weighted by atomic mass is 10.2. The van der Waals surface area contributed by atoms with Gasteiger partial charge in [0.1, 0.15) is 0 Å². The zero-order chi connectivity index (χ0) is 12.5. The van der Waals surface area contributed by atoms with Crippen LogP contribution in [0.2, 0.25) is 0 Å². The van der Waals surface area contributed by atoms with Gasteiger partial charge in [-0.3, -0.25) is 10.1 Å². The van der Waals surface area contributed by atoms with E-state index in [-0.39, 0.29) is 18.6 Å². The van der Waals surface area contributed by atoms with Gasteiger partial charge >= 0.3 is 0 Å². The maximum Gasteiger partial charge on any atom is 0.270 e. The van der Waals surface area contributed by atoms with Gasteiger partial charge in [-0.15, -0.1) is 5.10 Å². The van der Waals surface area contributed by atoms with Gasteiger partial charge in [0.15, 0.2) is 11.5 Å². The van der Waals surface area contributed by atoms with Crippen molar-refractivity contribution in [2.24, 2.45) is 7.05 Å². The van der Waals surface area contributed by atoms with Gasteiger partial charge in [0, 0.05) is 5.56 Å². The molecular formula is C10H9N5O3. The summed E-state index contributed by atoms with van der Waals surface area (Å²) in [7, 11) is 1.61. The van der Waals surface area contributed by atoms with Gasteiger partial charge in [0.05, 0.1) is 7.05 Å². The number of aryl methyl sites for hydroxylation is 1. The standard InChI is InChI=1S/C10H9N5O3/c1-15-13-10(12-14-15)11-9(16)6-2-3-7-8(4-6)18-5-17-7/h2-4H,5H2,1H3,(H,11,13,16). The topological polar surface area (TPSA) is 91.2 Å². The zero-order valence-electron chi connectivity index (χ0n) is 9.45. The van der Waals surface area contributed by atoms with Crippen LogP contribution in [0.25, 0.3) is 0 Å². The predicted molar refractivity (Wildman–Crippen MR) is 59.3 cm³/mol. The summed E-state index contributed by atoms with van der Waals surface area (Å²) in [6, 6.07) is 4.93. The van der Waals surface area contributed by atoms with E-state index in [2.05, 4.69) is 20.7 Å². The van der Waals surface area contributed by atoms with Crippen LogP contribution < -0.4 is 14.8 Å². The van der Waals surface area contributed by atoms with Gasteiger partial charge < -0.3 is 9.47 Å². The van der Waals surface area contributed by atoms with E-state index in [0.29, 0.717) is 17.1 Å². The van der Waals surface area contributed by atoms with Crippen LogP contribution in [0.1, 0.15) is 10.4 Å². The summed E-state index contributed by atoms with van der Waals surface area (Å²) in [5.41, 5.74) is 0.437. The SMILES string of the molecule is Cn1nnc(NC(=O)c2ccc3c(c2)OCO3)n1. The Labute approximate surface area is 101 Å². The van der Waals surface area contributed by atoms with E-state index in [4.69, 9.17) is 9.47 Å². The van der Waals surface area contributed by atoms with Crippen LogP contribution in [0.15, 0.2) is 18.2 Å². The summed E-state index contributed by atoms with van der Waals surface area (Å²) in [6.07, 6.45) is 0. The number of rotatable bonds is 2. The molecule has 1 aliphatic heterocycles. The van der Waals surface area contributed by atoms with E-state index in [1.54, 1.807) is 25.2 Å². The average Bonchev–Trinajstić information content (AvgIpc) is 2.96. The third-order valence-corrected chi connectivity index (χ3v) is 2.37. The van der Waals surface area contributed by atoms with E-state index >= 15 is 0 Å². The van der Waals surface area contributed by atoms with E-state index in [1.165, 1.54) is 4.80 Å². The number of carbonyl (C=O) groups is 1. The highest BCUT2D eigenvalue weighted by atomic mass is 16.7. The molecule has 1 aromatic heterocycles. The number of nitrogens with zero attached hydrogens (tertiary/aromatic N) is 4. The number of ether oxygens (including phenoxy) is 2. The van der Waals surface area contributed by atoms with Gasteiger partial charge in [-0.25, -0.2) is 0 Å². The summed E-state index contributed by atoms with van der Waals surface area (Å²) in [5, 5.41) is 13.7. The molecular weight excluding hydrogens is 238 g/mol. The van der Waals surface area contributed by atoms with Crippen molar-refractivity contribution in [3.05, 3.63) is 23.8 Å².